The number of amides is 2. The second-order valence-corrected chi connectivity index (χ2v) is 14.0. The highest BCUT2D eigenvalue weighted by molar-refractivity contribution is 5.78. The van der Waals surface area contributed by atoms with Gasteiger partial charge in [-0.2, -0.15) is 0 Å². The molecule has 0 unspecified atom stereocenters. The van der Waals surface area contributed by atoms with Crippen LogP contribution in [0, 0.1) is 0 Å². The molecule has 3 heterocycles. The molecule has 0 aliphatic carbocycles. The van der Waals surface area contributed by atoms with Crippen molar-refractivity contribution in [3.05, 3.63) is 0 Å². The molecule has 3 fully saturated rings. The third-order valence-corrected chi connectivity index (χ3v) is 9.24. The Hall–Kier alpha value is -1.62. The number of rotatable bonds is 26. The monoisotopic (exact) mass is 743 g/mol. The molecule has 0 aromatic heterocycles. The van der Waals surface area contributed by atoms with Crippen LogP contribution in [0.25, 0.3) is 0 Å². The summed E-state index contributed by atoms with van der Waals surface area (Å²) in [5.74, 6) is 0.0171. The molecule has 0 aromatic carbocycles. The van der Waals surface area contributed by atoms with Gasteiger partial charge in [0.2, 0.25) is 11.8 Å². The lowest BCUT2D eigenvalue weighted by Gasteiger charge is -2.39. The summed E-state index contributed by atoms with van der Waals surface area (Å²) in [5, 5.41) is 48.7. The van der Waals surface area contributed by atoms with Crippen molar-refractivity contribution in [2.45, 2.75) is 36.8 Å². The summed E-state index contributed by atoms with van der Waals surface area (Å²) in [7, 11) is 0. The summed E-state index contributed by atoms with van der Waals surface area (Å²) in [6.45, 7) is 19.4. The lowest BCUT2D eigenvalue weighted by Crippen LogP contribution is -2.68. The van der Waals surface area contributed by atoms with Gasteiger partial charge in [-0.05, 0) is 65.0 Å². The highest BCUT2D eigenvalue weighted by Gasteiger charge is 2.32. The highest BCUT2D eigenvalue weighted by Crippen LogP contribution is 2.05. The fourth-order valence-electron chi connectivity index (χ4n) is 6.10. The maximum absolute atomic E-state index is 12.8. The van der Waals surface area contributed by atoms with E-state index >= 15 is 0 Å². The zero-order valence-electron chi connectivity index (χ0n) is 32.2. The van der Waals surface area contributed by atoms with Gasteiger partial charge in [0.15, 0.2) is 0 Å². The Bertz CT molecular complexity index is 762. The summed E-state index contributed by atoms with van der Waals surface area (Å²) in [4.78, 5) is 25.6. The summed E-state index contributed by atoms with van der Waals surface area (Å²) < 4.78 is 0. The minimum Gasteiger partial charge on any atom is -0.355 e. The van der Waals surface area contributed by atoms with Crippen LogP contribution in [-0.4, -0.2) is 193 Å². The molecule has 0 aromatic rings. The van der Waals surface area contributed by atoms with E-state index in [-0.39, 0.29) is 36.0 Å². The van der Waals surface area contributed by atoms with E-state index < -0.39 is 0 Å². The molecule has 2 amide bonds. The summed E-state index contributed by atoms with van der Waals surface area (Å²) in [6.07, 6.45) is 3.75. The zero-order chi connectivity index (χ0) is 37.3. The Morgan fingerprint density at radius 2 is 0.712 bits per heavy atom. The first-order valence-electron chi connectivity index (χ1n) is 20.0. The van der Waals surface area contributed by atoms with E-state index in [1.807, 2.05) is 0 Å². The van der Waals surface area contributed by atoms with Crippen LogP contribution in [0.15, 0.2) is 0 Å². The number of nitrogens with one attached hydrogen (secondary N) is 14. The predicted octanol–water partition coefficient (Wildman–Crippen LogP) is -6.72. The number of fused-ring (bicyclic) bond motifs is 15. The second kappa shape index (κ2) is 31.7. The predicted molar refractivity (Wildman–Crippen MR) is 213 cm³/mol. The van der Waals surface area contributed by atoms with Crippen molar-refractivity contribution in [1.82, 2.24) is 74.4 Å². The van der Waals surface area contributed by atoms with Gasteiger partial charge in [-0.15, -0.1) is 0 Å². The topological polar surface area (TPSA) is 255 Å². The molecule has 306 valence electrons. The van der Waals surface area contributed by atoms with Crippen LogP contribution in [0.1, 0.15) is 25.7 Å². The second-order valence-electron chi connectivity index (χ2n) is 14.0. The number of hydrogen-bond acceptors (Lipinski definition) is 16. The molecule has 0 spiro atoms. The van der Waals surface area contributed by atoms with Gasteiger partial charge >= 0.3 is 0 Å². The van der Waals surface area contributed by atoms with E-state index in [9.17, 15) is 9.59 Å². The molecular weight excluding hydrogens is 664 g/mol. The lowest BCUT2D eigenvalue weighted by atomic mass is 9.97. The quantitative estimate of drug-likeness (QED) is 0.0368. The van der Waals surface area contributed by atoms with Crippen molar-refractivity contribution in [2.75, 3.05) is 170 Å². The highest BCUT2D eigenvalue weighted by atomic mass is 16.2. The van der Waals surface area contributed by atoms with Crippen LogP contribution in [0.4, 0.5) is 0 Å². The first-order chi connectivity index (χ1) is 25.5. The summed E-state index contributed by atoms with van der Waals surface area (Å²) in [5.41, 5.74) is 10.3. The van der Waals surface area contributed by atoms with E-state index in [0.717, 1.165) is 117 Å². The number of nitrogens with two attached hydrogens (primary N) is 2. The van der Waals surface area contributed by atoms with Crippen LogP contribution in [0.3, 0.4) is 0 Å². The van der Waals surface area contributed by atoms with E-state index in [2.05, 4.69) is 74.4 Å². The van der Waals surface area contributed by atoms with E-state index in [1.165, 1.54) is 0 Å². The molecule has 3 aliphatic heterocycles. The van der Waals surface area contributed by atoms with Gasteiger partial charge in [0.05, 0.1) is 24.2 Å². The van der Waals surface area contributed by atoms with Crippen molar-refractivity contribution >= 4 is 11.8 Å². The van der Waals surface area contributed by atoms with Crippen molar-refractivity contribution in [3.63, 3.8) is 0 Å². The first-order valence-corrected chi connectivity index (χ1v) is 20.0. The Labute approximate surface area is 313 Å². The van der Waals surface area contributed by atoms with E-state index in [4.69, 9.17) is 11.5 Å². The maximum Gasteiger partial charge on any atom is 0.233 e. The largest absolute Gasteiger partial charge is 0.355 e. The van der Waals surface area contributed by atoms with Gasteiger partial charge in [-0.25, -0.2) is 0 Å². The van der Waals surface area contributed by atoms with Crippen LogP contribution in [-0.2, 0) is 9.59 Å². The molecule has 3 saturated heterocycles. The average Bonchev–Trinajstić information content (AvgIpc) is 3.15. The summed E-state index contributed by atoms with van der Waals surface area (Å²) in [6, 6.07) is 0. The van der Waals surface area contributed by atoms with Crippen LogP contribution < -0.4 is 85.9 Å². The Morgan fingerprint density at radius 3 is 1.00 bits per heavy atom. The Balaban J connectivity index is 1.77. The Kier molecular flexibility index (Phi) is 28.4. The van der Waals surface area contributed by atoms with Gasteiger partial charge in [0.1, 0.15) is 0 Å². The minimum atomic E-state index is -0.347. The third-order valence-electron chi connectivity index (χ3n) is 9.24. The molecular formula is C34H78N16O2. The van der Waals surface area contributed by atoms with Gasteiger partial charge in [-0.1, -0.05) is 0 Å². The number of hydrogen-bond donors (Lipinski definition) is 16. The van der Waals surface area contributed by atoms with Gasteiger partial charge in [0.25, 0.3) is 0 Å². The third kappa shape index (κ3) is 23.9. The molecule has 18 heteroatoms. The molecule has 3 rings (SSSR count). The minimum absolute atomic E-state index is 0.00855. The maximum atomic E-state index is 12.8. The molecule has 0 atom stereocenters. The summed E-state index contributed by atoms with van der Waals surface area (Å²) >= 11 is 0. The number of carbonyl (C=O) groups is 2. The standard InChI is InChI=1S/C34H78N16O2/c35-5-1-7-37-13-15-39-9-3-11-47-31(51)23-49-33-25-41-17-20-44-28-34(29-45-21-18-42-26-33,30-46-22-19-43-27-33)50-24-32(52)48-12-4-10-40-16-14-38-8-2-6-36/h37-46,49-50H,1-30,35-36H2,(H,47,51)(H,48,52). The normalized spacial score (nSPS) is 22.4. The fourth-order valence-corrected chi connectivity index (χ4v) is 6.10. The molecule has 3 aliphatic rings. The van der Waals surface area contributed by atoms with Gasteiger partial charge < -0.3 is 75.3 Å². The van der Waals surface area contributed by atoms with Crippen molar-refractivity contribution in [3.8, 4) is 0 Å². The SMILES string of the molecule is NCCCNCCNCCCNC(=O)CNC12CNCCNCC(NCC(=O)NCCCNCCNCCCN)(CNCCNC1)CNCCNC2. The number of carbonyl (C=O) groups excluding carboxylic acids is 2. The van der Waals surface area contributed by atoms with Gasteiger partial charge in [-0.3, -0.25) is 20.2 Å². The van der Waals surface area contributed by atoms with E-state index in [0.29, 0.717) is 65.4 Å². The van der Waals surface area contributed by atoms with Crippen molar-refractivity contribution in [1.29, 1.82) is 0 Å². The van der Waals surface area contributed by atoms with Crippen LogP contribution in [0.2, 0.25) is 0 Å². The van der Waals surface area contributed by atoms with Crippen LogP contribution in [0.5, 0.6) is 0 Å². The van der Waals surface area contributed by atoms with Crippen LogP contribution >= 0.6 is 0 Å². The molecule has 0 radical (unpaired) electrons. The molecule has 18 N–H and O–H groups in total. The van der Waals surface area contributed by atoms with E-state index in [1.54, 1.807) is 0 Å². The van der Waals surface area contributed by atoms with Crippen molar-refractivity contribution < 1.29 is 9.59 Å². The molecule has 52 heavy (non-hydrogen) atoms. The molecule has 18 nitrogen and oxygen atoms in total. The first kappa shape index (κ1) is 46.5. The lowest BCUT2D eigenvalue weighted by molar-refractivity contribution is -0.121. The van der Waals surface area contributed by atoms with Crippen molar-refractivity contribution in [2.24, 2.45) is 11.5 Å². The average molecular weight is 743 g/mol. The molecule has 0 saturated carbocycles. The smallest absolute Gasteiger partial charge is 0.233 e. The zero-order valence-corrected chi connectivity index (χ0v) is 32.2. The van der Waals surface area contributed by atoms with Gasteiger partial charge in [0, 0.05) is 118 Å². The Morgan fingerprint density at radius 1 is 0.423 bits per heavy atom. The fraction of sp³-hybridized carbons (Fsp3) is 0.941. The molecule has 2 bridgehead atoms.